The quantitative estimate of drug-likeness (QED) is 0.549. The van der Waals surface area contributed by atoms with Gasteiger partial charge >= 0.3 is 6.18 Å². The minimum absolute atomic E-state index is 0.121. The van der Waals surface area contributed by atoms with E-state index in [0.717, 1.165) is 22.6 Å². The van der Waals surface area contributed by atoms with Gasteiger partial charge in [0.1, 0.15) is 0 Å². The van der Waals surface area contributed by atoms with Crippen molar-refractivity contribution in [1.29, 1.82) is 0 Å². The molecule has 7 nitrogen and oxygen atoms in total. The number of para-hydroxylation sites is 1. The Balaban J connectivity index is 1.99. The number of benzene rings is 2. The second kappa shape index (κ2) is 11.0. The van der Waals surface area contributed by atoms with Crippen molar-refractivity contribution in [1.82, 2.24) is 9.62 Å². The fourth-order valence-corrected chi connectivity index (χ4v) is 5.17. The van der Waals surface area contributed by atoms with Crippen molar-refractivity contribution in [3.8, 4) is 0 Å². The molecule has 0 radical (unpaired) electrons. The number of likely N-dealkylation sites (N-methyl/N-ethyl adjacent to an activating group) is 1. The van der Waals surface area contributed by atoms with Gasteiger partial charge in [0.25, 0.3) is 0 Å². The van der Waals surface area contributed by atoms with Crippen LogP contribution in [0.3, 0.4) is 0 Å². The maximum Gasteiger partial charge on any atom is 0.418 e. The summed E-state index contributed by atoms with van der Waals surface area (Å²) in [6.07, 6.45) is -4.86. The molecule has 2 aromatic rings. The zero-order valence-corrected chi connectivity index (χ0v) is 20.2. The number of hydrogen-bond acceptors (Lipinski definition) is 4. The lowest BCUT2D eigenvalue weighted by atomic mass is 10.1. The Bertz CT molecular complexity index is 1140. The molecule has 0 aliphatic carbocycles. The Labute approximate surface area is 197 Å². The predicted octanol–water partition coefficient (Wildman–Crippen LogP) is 3.79. The normalized spacial score (nSPS) is 11.9. The summed E-state index contributed by atoms with van der Waals surface area (Å²) < 4.78 is 67.2. The smallest absolute Gasteiger partial charge is 0.334 e. The third-order valence-corrected chi connectivity index (χ3v) is 6.85. The van der Waals surface area contributed by atoms with Crippen molar-refractivity contribution in [2.24, 2.45) is 0 Å². The van der Waals surface area contributed by atoms with E-state index < -0.39 is 45.8 Å². The number of hydrogen-bond donors (Lipinski definition) is 2. The number of amides is 2. The van der Waals surface area contributed by atoms with Crippen molar-refractivity contribution in [2.75, 3.05) is 25.0 Å². The fraction of sp³-hybridized carbons (Fsp3) is 0.391. The van der Waals surface area contributed by atoms with Crippen molar-refractivity contribution >= 4 is 27.5 Å². The minimum Gasteiger partial charge on any atom is -0.334 e. The molecule has 0 saturated heterocycles. The molecule has 34 heavy (non-hydrogen) atoms. The summed E-state index contributed by atoms with van der Waals surface area (Å²) in [6.45, 7) is 6.31. The molecular weight excluding hydrogens is 471 g/mol. The van der Waals surface area contributed by atoms with Gasteiger partial charge in [0.2, 0.25) is 21.8 Å². The van der Waals surface area contributed by atoms with Crippen LogP contribution in [-0.2, 0) is 25.8 Å². The molecular formula is C23H28F3N3O4S. The van der Waals surface area contributed by atoms with Gasteiger partial charge in [0.05, 0.1) is 22.7 Å². The fourth-order valence-electron chi connectivity index (χ4n) is 3.69. The van der Waals surface area contributed by atoms with Gasteiger partial charge in [-0.05, 0) is 51.0 Å². The monoisotopic (exact) mass is 499 g/mol. The van der Waals surface area contributed by atoms with E-state index in [9.17, 15) is 31.2 Å². The third-order valence-electron chi connectivity index (χ3n) is 5.08. The number of anilines is 1. The molecule has 0 fully saturated rings. The van der Waals surface area contributed by atoms with Crippen LogP contribution in [0.15, 0.2) is 41.3 Å². The number of halogens is 3. The Morgan fingerprint density at radius 1 is 1.03 bits per heavy atom. The maximum absolute atomic E-state index is 13.1. The SMILES string of the molecule is CCN(CC(=O)Nc1ccccc1C(F)(F)F)C(=O)CCNS(=O)(=O)c1c(C)cc(C)cc1C. The standard InChI is InChI=1S/C23H28F3N3O4S/c1-5-29(14-20(30)28-19-9-7-6-8-18(19)23(24,25)26)21(31)10-11-27-34(32,33)22-16(3)12-15(2)13-17(22)4/h6-9,12-13,27H,5,10-11,14H2,1-4H3,(H,28,30). The molecule has 0 atom stereocenters. The van der Waals surface area contributed by atoms with E-state index in [1.807, 2.05) is 6.92 Å². The van der Waals surface area contributed by atoms with Crippen LogP contribution in [0.5, 0.6) is 0 Å². The third kappa shape index (κ3) is 7.04. The van der Waals surface area contributed by atoms with Crippen LogP contribution in [0.4, 0.5) is 18.9 Å². The lowest BCUT2D eigenvalue weighted by Crippen LogP contribution is -2.39. The lowest BCUT2D eigenvalue weighted by molar-refractivity contribution is -0.137. The molecule has 0 spiro atoms. The molecule has 0 bridgehead atoms. The maximum atomic E-state index is 13.1. The summed E-state index contributed by atoms with van der Waals surface area (Å²) in [5.41, 5.74) is 0.706. The molecule has 0 heterocycles. The summed E-state index contributed by atoms with van der Waals surface area (Å²) in [4.78, 5) is 26.1. The van der Waals surface area contributed by atoms with E-state index in [-0.39, 0.29) is 24.4 Å². The molecule has 0 aliphatic rings. The highest BCUT2D eigenvalue weighted by molar-refractivity contribution is 7.89. The highest BCUT2D eigenvalue weighted by atomic mass is 32.2. The predicted molar refractivity (Wildman–Crippen MR) is 123 cm³/mol. The van der Waals surface area contributed by atoms with E-state index in [4.69, 9.17) is 0 Å². The summed E-state index contributed by atoms with van der Waals surface area (Å²) >= 11 is 0. The first-order valence-electron chi connectivity index (χ1n) is 10.6. The minimum atomic E-state index is -4.64. The van der Waals surface area contributed by atoms with E-state index in [1.165, 1.54) is 12.1 Å². The molecule has 186 valence electrons. The van der Waals surface area contributed by atoms with Crippen LogP contribution in [-0.4, -0.2) is 44.8 Å². The van der Waals surface area contributed by atoms with Gasteiger partial charge in [-0.25, -0.2) is 13.1 Å². The summed E-state index contributed by atoms with van der Waals surface area (Å²) in [5, 5.41) is 2.19. The lowest BCUT2D eigenvalue weighted by Gasteiger charge is -2.21. The van der Waals surface area contributed by atoms with Gasteiger partial charge in [-0.2, -0.15) is 13.2 Å². The molecule has 0 unspecified atom stereocenters. The van der Waals surface area contributed by atoms with E-state index >= 15 is 0 Å². The van der Waals surface area contributed by atoms with Crippen molar-refractivity contribution < 1.29 is 31.2 Å². The topological polar surface area (TPSA) is 95.6 Å². The van der Waals surface area contributed by atoms with E-state index in [2.05, 4.69) is 10.0 Å². The second-order valence-electron chi connectivity index (χ2n) is 7.88. The summed E-state index contributed by atoms with van der Waals surface area (Å²) in [5.74, 6) is -1.31. The van der Waals surface area contributed by atoms with Crippen molar-refractivity contribution in [3.63, 3.8) is 0 Å². The molecule has 0 saturated carbocycles. The number of carbonyl (C=O) groups excluding carboxylic acids is 2. The Morgan fingerprint density at radius 3 is 2.18 bits per heavy atom. The van der Waals surface area contributed by atoms with Crippen LogP contribution in [0.25, 0.3) is 0 Å². The highest BCUT2D eigenvalue weighted by Crippen LogP contribution is 2.34. The first kappa shape index (κ1) is 27.3. The largest absolute Gasteiger partial charge is 0.418 e. The molecule has 2 aromatic carbocycles. The number of nitrogens with one attached hydrogen (secondary N) is 2. The summed E-state index contributed by atoms with van der Waals surface area (Å²) in [6, 6.07) is 8.05. The van der Waals surface area contributed by atoms with Crippen LogP contribution in [0.2, 0.25) is 0 Å². The van der Waals surface area contributed by atoms with Gasteiger partial charge in [-0.3, -0.25) is 9.59 Å². The highest BCUT2D eigenvalue weighted by Gasteiger charge is 2.33. The Kier molecular flexibility index (Phi) is 8.84. The van der Waals surface area contributed by atoms with Crippen molar-refractivity contribution in [3.05, 3.63) is 58.7 Å². The summed E-state index contributed by atoms with van der Waals surface area (Å²) in [7, 11) is -3.86. The van der Waals surface area contributed by atoms with Gasteiger partial charge in [-0.15, -0.1) is 0 Å². The number of carbonyl (C=O) groups is 2. The van der Waals surface area contributed by atoms with Crippen LogP contribution in [0.1, 0.15) is 35.6 Å². The molecule has 0 aliphatic heterocycles. The molecule has 2 rings (SSSR count). The number of alkyl halides is 3. The second-order valence-corrected chi connectivity index (χ2v) is 9.58. The van der Waals surface area contributed by atoms with Crippen molar-refractivity contribution in [2.45, 2.75) is 45.2 Å². The first-order chi connectivity index (χ1) is 15.8. The van der Waals surface area contributed by atoms with Gasteiger partial charge in [0, 0.05) is 19.5 Å². The number of aryl methyl sites for hydroxylation is 3. The molecule has 2 amide bonds. The Hall–Kier alpha value is -2.92. The average Bonchev–Trinajstić information content (AvgIpc) is 2.70. The van der Waals surface area contributed by atoms with Gasteiger partial charge in [-0.1, -0.05) is 29.8 Å². The van der Waals surface area contributed by atoms with Crippen LogP contribution < -0.4 is 10.0 Å². The van der Waals surface area contributed by atoms with Gasteiger partial charge < -0.3 is 10.2 Å². The van der Waals surface area contributed by atoms with E-state index in [0.29, 0.717) is 11.1 Å². The zero-order valence-electron chi connectivity index (χ0n) is 19.4. The number of rotatable bonds is 9. The number of sulfonamides is 1. The van der Waals surface area contributed by atoms with Gasteiger partial charge in [0.15, 0.2) is 0 Å². The van der Waals surface area contributed by atoms with Crippen LogP contribution >= 0.6 is 0 Å². The molecule has 11 heteroatoms. The number of nitrogens with zero attached hydrogens (tertiary/aromatic N) is 1. The average molecular weight is 500 g/mol. The zero-order chi connectivity index (χ0) is 25.7. The van der Waals surface area contributed by atoms with E-state index in [1.54, 1.807) is 32.9 Å². The first-order valence-corrected chi connectivity index (χ1v) is 12.1. The molecule has 0 aromatic heterocycles. The van der Waals surface area contributed by atoms with Crippen LogP contribution in [0, 0.1) is 20.8 Å². The molecule has 2 N–H and O–H groups in total. The Morgan fingerprint density at radius 2 is 1.62 bits per heavy atom.